The number of amides is 2. The van der Waals surface area contributed by atoms with Crippen molar-refractivity contribution in [2.45, 2.75) is 32.2 Å². The van der Waals surface area contributed by atoms with Crippen molar-refractivity contribution in [2.75, 3.05) is 7.05 Å². The minimum Gasteiger partial charge on any atom is -0.355 e. The number of hydrogen-bond acceptors (Lipinski definition) is 2. The van der Waals surface area contributed by atoms with Crippen LogP contribution in [0.5, 0.6) is 0 Å². The Bertz CT molecular complexity index is 468. The first-order valence-corrected chi connectivity index (χ1v) is 6.78. The number of nitrogens with one attached hydrogen (secondary N) is 2. The molecule has 1 aliphatic carbocycles. The van der Waals surface area contributed by atoms with Crippen molar-refractivity contribution < 1.29 is 9.59 Å². The molecule has 102 valence electrons. The monoisotopic (exact) mass is 260 g/mol. The minimum absolute atomic E-state index is 0.0490. The van der Waals surface area contributed by atoms with Crippen LogP contribution in [0.3, 0.4) is 0 Å². The lowest BCUT2D eigenvalue weighted by Gasteiger charge is -2.05. The van der Waals surface area contributed by atoms with Gasteiger partial charge >= 0.3 is 0 Å². The zero-order valence-electron chi connectivity index (χ0n) is 11.4. The molecular formula is C15H20N2O2. The lowest BCUT2D eigenvalue weighted by molar-refractivity contribution is 0.0942. The Hall–Kier alpha value is -1.84. The van der Waals surface area contributed by atoms with Gasteiger partial charge in [0.15, 0.2) is 0 Å². The molecule has 1 aromatic carbocycles. The van der Waals surface area contributed by atoms with Crippen molar-refractivity contribution in [1.82, 2.24) is 10.6 Å². The zero-order valence-corrected chi connectivity index (χ0v) is 11.4. The van der Waals surface area contributed by atoms with Crippen LogP contribution in [-0.2, 0) is 0 Å². The lowest BCUT2D eigenvalue weighted by atomic mass is 10.1. The van der Waals surface area contributed by atoms with Gasteiger partial charge in [0.1, 0.15) is 0 Å². The summed E-state index contributed by atoms with van der Waals surface area (Å²) in [6.45, 7) is 2.16. The largest absolute Gasteiger partial charge is 0.355 e. The van der Waals surface area contributed by atoms with Crippen LogP contribution in [0.15, 0.2) is 24.3 Å². The number of benzene rings is 1. The first kappa shape index (κ1) is 13.6. The summed E-state index contributed by atoms with van der Waals surface area (Å²) in [7, 11) is 1.59. The van der Waals surface area contributed by atoms with Crippen LogP contribution in [0.4, 0.5) is 0 Å². The van der Waals surface area contributed by atoms with Crippen LogP contribution in [0, 0.1) is 5.92 Å². The highest BCUT2D eigenvalue weighted by molar-refractivity contribution is 5.97. The van der Waals surface area contributed by atoms with Gasteiger partial charge in [-0.2, -0.15) is 0 Å². The lowest BCUT2D eigenvalue weighted by Crippen LogP contribution is -2.27. The second-order valence-electron chi connectivity index (χ2n) is 5.02. The van der Waals surface area contributed by atoms with Crippen molar-refractivity contribution in [1.29, 1.82) is 0 Å². The number of hydrogen-bond donors (Lipinski definition) is 2. The Morgan fingerprint density at radius 2 is 1.74 bits per heavy atom. The predicted octanol–water partition coefficient (Wildman–Crippen LogP) is 1.96. The van der Waals surface area contributed by atoms with E-state index < -0.39 is 0 Å². The summed E-state index contributed by atoms with van der Waals surface area (Å²) in [5, 5.41) is 5.58. The molecule has 4 heteroatoms. The Labute approximate surface area is 113 Å². The molecule has 2 N–H and O–H groups in total. The van der Waals surface area contributed by atoms with Crippen LogP contribution in [0.2, 0.25) is 0 Å². The normalized spacial score (nSPS) is 20.7. The molecule has 1 aliphatic rings. The van der Waals surface area contributed by atoms with Gasteiger partial charge in [0, 0.05) is 24.2 Å². The van der Waals surface area contributed by atoms with Gasteiger partial charge in [-0.25, -0.2) is 0 Å². The molecule has 2 amide bonds. The molecule has 19 heavy (non-hydrogen) atoms. The van der Waals surface area contributed by atoms with Gasteiger partial charge in [-0.15, -0.1) is 0 Å². The molecule has 4 nitrogen and oxygen atoms in total. The molecule has 0 aliphatic heterocycles. The van der Waals surface area contributed by atoms with Crippen LogP contribution in [-0.4, -0.2) is 24.9 Å². The molecule has 0 heterocycles. The summed E-state index contributed by atoms with van der Waals surface area (Å²) < 4.78 is 0. The van der Waals surface area contributed by atoms with Crippen molar-refractivity contribution in [3.05, 3.63) is 35.4 Å². The molecule has 2 atom stereocenters. The van der Waals surface area contributed by atoms with E-state index in [-0.39, 0.29) is 11.8 Å². The Morgan fingerprint density at radius 3 is 2.26 bits per heavy atom. The smallest absolute Gasteiger partial charge is 0.251 e. The van der Waals surface area contributed by atoms with E-state index in [0.717, 1.165) is 12.8 Å². The van der Waals surface area contributed by atoms with E-state index in [1.54, 1.807) is 31.3 Å². The molecule has 0 spiro atoms. The third-order valence-corrected chi connectivity index (χ3v) is 3.53. The molecular weight excluding hydrogens is 240 g/mol. The third-order valence-electron chi connectivity index (χ3n) is 3.53. The van der Waals surface area contributed by atoms with E-state index in [4.69, 9.17) is 0 Å². The van der Waals surface area contributed by atoms with Gasteiger partial charge < -0.3 is 10.6 Å². The number of carbonyl (C=O) groups excluding carboxylic acids is 2. The van der Waals surface area contributed by atoms with Crippen LogP contribution in [0.1, 0.15) is 46.9 Å². The molecule has 2 unspecified atom stereocenters. The molecule has 0 bridgehead atoms. The zero-order chi connectivity index (χ0) is 13.8. The van der Waals surface area contributed by atoms with E-state index in [1.807, 2.05) is 0 Å². The summed E-state index contributed by atoms with van der Waals surface area (Å²) in [5.74, 6) is 0.461. The van der Waals surface area contributed by atoms with Gasteiger partial charge in [-0.3, -0.25) is 9.59 Å². The van der Waals surface area contributed by atoms with Gasteiger partial charge in [-0.1, -0.05) is 13.3 Å². The summed E-state index contributed by atoms with van der Waals surface area (Å²) in [6, 6.07) is 7.06. The average molecular weight is 260 g/mol. The summed E-state index contributed by atoms with van der Waals surface area (Å²) in [4.78, 5) is 23.4. The average Bonchev–Trinajstić information content (AvgIpc) is 3.16. The first-order valence-electron chi connectivity index (χ1n) is 6.78. The molecule has 0 saturated heterocycles. The molecule has 1 saturated carbocycles. The quantitative estimate of drug-likeness (QED) is 0.850. The van der Waals surface area contributed by atoms with Crippen LogP contribution < -0.4 is 10.6 Å². The Morgan fingerprint density at radius 1 is 1.16 bits per heavy atom. The molecule has 2 rings (SSSR count). The second-order valence-corrected chi connectivity index (χ2v) is 5.02. The fourth-order valence-electron chi connectivity index (χ4n) is 2.28. The first-order chi connectivity index (χ1) is 9.15. The van der Waals surface area contributed by atoms with E-state index in [9.17, 15) is 9.59 Å². The molecule has 1 aromatic rings. The topological polar surface area (TPSA) is 58.2 Å². The van der Waals surface area contributed by atoms with Gasteiger partial charge in [0.2, 0.25) is 0 Å². The van der Waals surface area contributed by atoms with Gasteiger partial charge in [-0.05, 0) is 43.0 Å². The minimum atomic E-state index is -0.142. The van der Waals surface area contributed by atoms with E-state index in [2.05, 4.69) is 17.6 Å². The summed E-state index contributed by atoms with van der Waals surface area (Å²) >= 11 is 0. The maximum absolute atomic E-state index is 12.0. The molecule has 0 radical (unpaired) electrons. The Kier molecular flexibility index (Phi) is 4.20. The Balaban J connectivity index is 1.91. The standard InChI is InChI=1S/C15H20N2O2/c1-3-4-12-9-13(12)17-15(19)11-7-5-10(6-8-11)14(18)16-2/h5-8,12-13H,3-4,9H2,1-2H3,(H,16,18)(H,17,19). The van der Waals surface area contributed by atoms with Crippen LogP contribution >= 0.6 is 0 Å². The predicted molar refractivity (Wildman–Crippen MR) is 74.1 cm³/mol. The van der Waals surface area contributed by atoms with Crippen molar-refractivity contribution in [3.63, 3.8) is 0 Å². The maximum atomic E-state index is 12.0. The van der Waals surface area contributed by atoms with E-state index >= 15 is 0 Å². The number of carbonyl (C=O) groups is 2. The molecule has 1 fully saturated rings. The highest BCUT2D eigenvalue weighted by Crippen LogP contribution is 2.34. The van der Waals surface area contributed by atoms with Crippen molar-refractivity contribution in [3.8, 4) is 0 Å². The highest BCUT2D eigenvalue weighted by atomic mass is 16.2. The van der Waals surface area contributed by atoms with E-state index in [0.29, 0.717) is 23.1 Å². The highest BCUT2D eigenvalue weighted by Gasteiger charge is 2.37. The van der Waals surface area contributed by atoms with Crippen LogP contribution in [0.25, 0.3) is 0 Å². The van der Waals surface area contributed by atoms with Gasteiger partial charge in [0.05, 0.1) is 0 Å². The molecule has 0 aromatic heterocycles. The summed E-state index contributed by atoms with van der Waals surface area (Å²) in [6.07, 6.45) is 3.44. The third kappa shape index (κ3) is 3.34. The second kappa shape index (κ2) is 5.87. The van der Waals surface area contributed by atoms with Gasteiger partial charge in [0.25, 0.3) is 11.8 Å². The fraction of sp³-hybridized carbons (Fsp3) is 0.467. The maximum Gasteiger partial charge on any atom is 0.251 e. The van der Waals surface area contributed by atoms with Crippen molar-refractivity contribution >= 4 is 11.8 Å². The number of rotatable bonds is 5. The fourth-order valence-corrected chi connectivity index (χ4v) is 2.28. The van der Waals surface area contributed by atoms with Crippen molar-refractivity contribution in [2.24, 2.45) is 5.92 Å². The summed E-state index contributed by atoms with van der Waals surface area (Å²) in [5.41, 5.74) is 1.17. The van der Waals surface area contributed by atoms with E-state index in [1.165, 1.54) is 6.42 Å². The SMILES string of the molecule is CCCC1CC1NC(=O)c1ccc(C(=O)NC)cc1.